The molecule has 0 fully saturated rings. The van der Waals surface area contributed by atoms with Gasteiger partial charge < -0.3 is 15.6 Å². The standard InChI is InChI=1S/C13H16IN3O2/c1-13(2,3)12-16-9-6(11(15)17-12)5-7(19-4)10(18)8(9)14/h5,18H,1-4H3,(H2,15,16,17). The lowest BCUT2D eigenvalue weighted by atomic mass is 9.95. The molecule has 0 aliphatic carbocycles. The second kappa shape index (κ2) is 4.66. The SMILES string of the molecule is COc1cc2c(N)nc(C(C)(C)C)nc2c(I)c1O. The maximum absolute atomic E-state index is 10.0. The topological polar surface area (TPSA) is 81.3 Å². The Morgan fingerprint density at radius 2 is 1.95 bits per heavy atom. The smallest absolute Gasteiger partial charge is 0.173 e. The molecule has 1 aromatic carbocycles. The molecule has 0 bridgehead atoms. The minimum Gasteiger partial charge on any atom is -0.503 e. The highest BCUT2D eigenvalue weighted by Gasteiger charge is 2.22. The van der Waals surface area contributed by atoms with Gasteiger partial charge in [-0.15, -0.1) is 0 Å². The van der Waals surface area contributed by atoms with E-state index >= 15 is 0 Å². The van der Waals surface area contributed by atoms with Crippen molar-refractivity contribution in [3.63, 3.8) is 0 Å². The van der Waals surface area contributed by atoms with Crippen LogP contribution < -0.4 is 10.5 Å². The van der Waals surface area contributed by atoms with Gasteiger partial charge in [-0.25, -0.2) is 9.97 Å². The average molecular weight is 373 g/mol. The van der Waals surface area contributed by atoms with Crippen LogP contribution in [0.25, 0.3) is 10.9 Å². The van der Waals surface area contributed by atoms with Gasteiger partial charge in [-0.3, -0.25) is 0 Å². The average Bonchev–Trinajstić information content (AvgIpc) is 2.32. The molecule has 102 valence electrons. The zero-order chi connectivity index (χ0) is 14.4. The number of phenols is 1. The number of aromatic nitrogens is 2. The van der Waals surface area contributed by atoms with Crippen molar-refractivity contribution < 1.29 is 9.84 Å². The van der Waals surface area contributed by atoms with Crippen molar-refractivity contribution >= 4 is 39.3 Å². The Morgan fingerprint density at radius 1 is 1.32 bits per heavy atom. The molecule has 0 saturated carbocycles. The Balaban J connectivity index is 2.86. The highest BCUT2D eigenvalue weighted by atomic mass is 127. The van der Waals surface area contributed by atoms with Crippen LogP contribution in [-0.4, -0.2) is 22.2 Å². The number of methoxy groups -OCH3 is 1. The van der Waals surface area contributed by atoms with Crippen molar-refractivity contribution in [1.29, 1.82) is 0 Å². The molecule has 0 aliphatic heterocycles. The van der Waals surface area contributed by atoms with Crippen LogP contribution in [0.3, 0.4) is 0 Å². The van der Waals surface area contributed by atoms with Gasteiger partial charge in [0.1, 0.15) is 11.6 Å². The second-order valence-electron chi connectivity index (χ2n) is 5.32. The normalized spacial score (nSPS) is 11.8. The van der Waals surface area contributed by atoms with E-state index in [1.54, 1.807) is 6.07 Å². The van der Waals surface area contributed by atoms with Crippen LogP contribution in [0.5, 0.6) is 11.5 Å². The number of halogens is 1. The van der Waals surface area contributed by atoms with E-state index in [-0.39, 0.29) is 11.2 Å². The molecule has 2 aromatic rings. The van der Waals surface area contributed by atoms with E-state index in [9.17, 15) is 5.11 Å². The first kappa shape index (κ1) is 14.1. The molecule has 19 heavy (non-hydrogen) atoms. The second-order valence-corrected chi connectivity index (χ2v) is 6.40. The number of anilines is 1. The molecular weight excluding hydrogens is 357 g/mol. The number of fused-ring (bicyclic) bond motifs is 1. The molecule has 0 amide bonds. The lowest BCUT2D eigenvalue weighted by molar-refractivity contribution is 0.372. The summed E-state index contributed by atoms with van der Waals surface area (Å²) in [6.07, 6.45) is 0. The molecule has 0 spiro atoms. The predicted molar refractivity (Wildman–Crippen MR) is 83.6 cm³/mol. The highest BCUT2D eigenvalue weighted by molar-refractivity contribution is 14.1. The van der Waals surface area contributed by atoms with Crippen LogP contribution in [0.15, 0.2) is 6.07 Å². The third-order valence-electron chi connectivity index (χ3n) is 2.79. The molecule has 1 heterocycles. The van der Waals surface area contributed by atoms with Gasteiger partial charge in [0, 0.05) is 10.8 Å². The summed E-state index contributed by atoms with van der Waals surface area (Å²) < 4.78 is 5.74. The van der Waals surface area contributed by atoms with E-state index in [1.807, 2.05) is 43.4 Å². The van der Waals surface area contributed by atoms with Crippen LogP contribution in [-0.2, 0) is 5.41 Å². The lowest BCUT2D eigenvalue weighted by Gasteiger charge is -2.18. The third kappa shape index (κ3) is 2.41. The molecule has 3 N–H and O–H groups in total. The molecule has 0 atom stereocenters. The van der Waals surface area contributed by atoms with E-state index in [0.717, 1.165) is 0 Å². The first-order valence-electron chi connectivity index (χ1n) is 5.79. The van der Waals surface area contributed by atoms with Crippen LogP contribution in [0.2, 0.25) is 0 Å². The fourth-order valence-electron chi connectivity index (χ4n) is 1.71. The first-order valence-corrected chi connectivity index (χ1v) is 6.86. The van der Waals surface area contributed by atoms with Gasteiger partial charge in [0.25, 0.3) is 0 Å². The summed E-state index contributed by atoms with van der Waals surface area (Å²) in [4.78, 5) is 8.87. The number of phenolic OH excluding ortho intramolecular Hbond substituents is 1. The molecular formula is C13H16IN3O2. The van der Waals surface area contributed by atoms with Crippen molar-refractivity contribution in [2.24, 2.45) is 0 Å². The molecule has 0 aliphatic rings. The van der Waals surface area contributed by atoms with Gasteiger partial charge in [0.05, 0.1) is 16.2 Å². The van der Waals surface area contributed by atoms with Crippen LogP contribution in [0.1, 0.15) is 26.6 Å². The quantitative estimate of drug-likeness (QED) is 0.752. The fourth-order valence-corrected chi connectivity index (χ4v) is 2.38. The van der Waals surface area contributed by atoms with Crippen molar-refractivity contribution in [2.45, 2.75) is 26.2 Å². The zero-order valence-electron chi connectivity index (χ0n) is 11.3. The minimum atomic E-state index is -0.207. The van der Waals surface area contributed by atoms with Crippen molar-refractivity contribution in [3.8, 4) is 11.5 Å². The number of aromatic hydroxyl groups is 1. The van der Waals surface area contributed by atoms with E-state index in [1.165, 1.54) is 7.11 Å². The summed E-state index contributed by atoms with van der Waals surface area (Å²) in [5, 5.41) is 10.7. The summed E-state index contributed by atoms with van der Waals surface area (Å²) in [7, 11) is 1.50. The first-order chi connectivity index (χ1) is 8.75. The number of nitrogens with two attached hydrogens (primary N) is 1. The summed E-state index contributed by atoms with van der Waals surface area (Å²) in [6.45, 7) is 6.05. The number of hydrogen-bond donors (Lipinski definition) is 2. The van der Waals surface area contributed by atoms with Crippen LogP contribution in [0.4, 0.5) is 5.82 Å². The van der Waals surface area contributed by atoms with E-state index in [0.29, 0.717) is 31.9 Å². The number of benzene rings is 1. The monoisotopic (exact) mass is 373 g/mol. The lowest BCUT2D eigenvalue weighted by Crippen LogP contribution is -2.17. The van der Waals surface area contributed by atoms with Crippen LogP contribution in [0, 0.1) is 3.57 Å². The molecule has 1 aromatic heterocycles. The molecule has 2 rings (SSSR count). The molecule has 0 unspecified atom stereocenters. The number of nitrogens with zero attached hydrogens (tertiary/aromatic N) is 2. The third-order valence-corrected chi connectivity index (χ3v) is 3.81. The molecule has 0 radical (unpaired) electrons. The van der Waals surface area contributed by atoms with Crippen LogP contribution >= 0.6 is 22.6 Å². The number of hydrogen-bond acceptors (Lipinski definition) is 5. The zero-order valence-corrected chi connectivity index (χ0v) is 13.4. The van der Waals surface area contributed by atoms with Gasteiger partial charge in [-0.1, -0.05) is 20.8 Å². The van der Waals surface area contributed by atoms with Crippen molar-refractivity contribution in [1.82, 2.24) is 9.97 Å². The largest absolute Gasteiger partial charge is 0.503 e. The fraction of sp³-hybridized carbons (Fsp3) is 0.385. The van der Waals surface area contributed by atoms with Gasteiger partial charge in [-0.05, 0) is 28.7 Å². The molecule has 0 saturated heterocycles. The maximum atomic E-state index is 10.0. The van der Waals surface area contributed by atoms with E-state index < -0.39 is 0 Å². The van der Waals surface area contributed by atoms with E-state index in [2.05, 4.69) is 9.97 Å². The van der Waals surface area contributed by atoms with Gasteiger partial charge >= 0.3 is 0 Å². The number of rotatable bonds is 1. The summed E-state index contributed by atoms with van der Waals surface area (Å²) >= 11 is 2.04. The van der Waals surface area contributed by atoms with Crippen molar-refractivity contribution in [3.05, 3.63) is 15.5 Å². The minimum absolute atomic E-state index is 0.0774. The highest BCUT2D eigenvalue weighted by Crippen LogP contribution is 2.38. The summed E-state index contributed by atoms with van der Waals surface area (Å²) in [5.74, 6) is 1.50. The molecule has 5 nitrogen and oxygen atoms in total. The van der Waals surface area contributed by atoms with Gasteiger partial charge in [0.2, 0.25) is 0 Å². The summed E-state index contributed by atoms with van der Waals surface area (Å²) in [5.41, 5.74) is 6.45. The Morgan fingerprint density at radius 3 is 2.47 bits per heavy atom. The predicted octanol–water partition coefficient (Wildman–Crippen LogP) is 2.83. The van der Waals surface area contributed by atoms with Crippen molar-refractivity contribution in [2.75, 3.05) is 12.8 Å². The van der Waals surface area contributed by atoms with E-state index in [4.69, 9.17) is 10.5 Å². The number of nitrogen functional groups attached to an aromatic ring is 1. The Kier molecular flexibility index (Phi) is 3.46. The Hall–Kier alpha value is -1.31. The number of ether oxygens (including phenoxy) is 1. The Bertz CT molecular complexity index is 651. The summed E-state index contributed by atoms with van der Waals surface area (Å²) in [6, 6.07) is 1.66. The van der Waals surface area contributed by atoms with Gasteiger partial charge in [-0.2, -0.15) is 0 Å². The maximum Gasteiger partial charge on any atom is 0.173 e. The molecule has 6 heteroatoms. The van der Waals surface area contributed by atoms with Gasteiger partial charge in [0.15, 0.2) is 11.5 Å². The Labute approximate surface area is 125 Å².